The van der Waals surface area contributed by atoms with Gasteiger partial charge in [-0.05, 0) is 13.3 Å². The van der Waals surface area contributed by atoms with Crippen molar-refractivity contribution in [2.45, 2.75) is 168 Å². The zero-order valence-electron chi connectivity index (χ0n) is 25.3. The van der Waals surface area contributed by atoms with Gasteiger partial charge in [0.1, 0.15) is 0 Å². The van der Waals surface area contributed by atoms with Crippen LogP contribution in [-0.4, -0.2) is 12.5 Å². The van der Waals surface area contributed by atoms with Gasteiger partial charge in [0.05, 0.1) is 9.30 Å². The number of hydrogen-bond donors (Lipinski definition) is 0. The van der Waals surface area contributed by atoms with Gasteiger partial charge in [-0.1, -0.05) is 148 Å². The number of rotatable bonds is 25. The molecule has 180 valence electrons. The molecule has 0 aliphatic rings. The molecule has 0 spiro atoms. The van der Waals surface area contributed by atoms with Crippen molar-refractivity contribution in [3.8, 4) is 0 Å². The second kappa shape index (κ2) is 26.5. The third-order valence-electron chi connectivity index (χ3n) is 6.15. The van der Waals surface area contributed by atoms with Crippen LogP contribution in [-0.2, 0) is 9.53 Å². The van der Waals surface area contributed by atoms with E-state index in [0.29, 0.717) is 6.42 Å². The molecule has 0 aromatic rings. The zero-order valence-corrected chi connectivity index (χ0v) is 20.3. The molecule has 0 atom stereocenters. The minimum atomic E-state index is -2.95. The topological polar surface area (TPSA) is 26.3 Å². The van der Waals surface area contributed by atoms with Crippen molar-refractivity contribution in [1.29, 1.82) is 0 Å². The third kappa shape index (κ3) is 25.5. The third-order valence-corrected chi connectivity index (χ3v) is 6.15. The van der Waals surface area contributed by atoms with Crippen LogP contribution in [0.5, 0.6) is 0 Å². The molecule has 0 N–H and O–H groups in total. The molecule has 0 rings (SSSR count). The standard InChI is InChI=1S/C28H56O2/c1-3-5-6-7-8-9-10-11-12-13-14-15-16-17-18-19-20-21-22-23-24-25-26-27-28(29)30-4-2/h3-27H2,1-2H3/i2D3,4D2. The SMILES string of the molecule is [2H]C([2H])([2H])C([2H])([2H])OC(=O)CCCCCCCCCCCCCCCCCCCCCCCCC. The van der Waals surface area contributed by atoms with Gasteiger partial charge in [0.25, 0.3) is 0 Å². The highest BCUT2D eigenvalue weighted by atomic mass is 16.5. The molecule has 0 aromatic heterocycles. The fourth-order valence-electron chi connectivity index (χ4n) is 4.16. The Morgan fingerprint density at radius 3 is 1.17 bits per heavy atom. The molecule has 0 radical (unpaired) electrons. The lowest BCUT2D eigenvalue weighted by Crippen LogP contribution is -2.03. The average Bonchev–Trinajstić information content (AvgIpc) is 2.78. The van der Waals surface area contributed by atoms with Gasteiger partial charge in [-0.3, -0.25) is 4.79 Å². The second-order valence-corrected chi connectivity index (χ2v) is 9.10. The van der Waals surface area contributed by atoms with E-state index in [1.807, 2.05) is 0 Å². The maximum atomic E-state index is 11.6. The Labute approximate surface area is 197 Å². The molecule has 0 saturated heterocycles. The lowest BCUT2D eigenvalue weighted by Gasteiger charge is -2.04. The summed E-state index contributed by atoms with van der Waals surface area (Å²) in [7, 11) is 0. The summed E-state index contributed by atoms with van der Waals surface area (Å²) >= 11 is 0. The smallest absolute Gasteiger partial charge is 0.305 e. The number of unbranched alkanes of at least 4 members (excludes halogenated alkanes) is 22. The normalized spacial score (nSPS) is 14.5. The van der Waals surface area contributed by atoms with Gasteiger partial charge < -0.3 is 4.74 Å². The predicted octanol–water partition coefficient (Wildman–Crippen LogP) is 9.93. The van der Waals surface area contributed by atoms with E-state index in [0.717, 1.165) is 19.3 Å². The maximum absolute atomic E-state index is 11.6. The van der Waals surface area contributed by atoms with Crippen LogP contribution in [0.3, 0.4) is 0 Å². The Balaban J connectivity index is 3.24. The lowest BCUT2D eigenvalue weighted by molar-refractivity contribution is -0.143. The van der Waals surface area contributed by atoms with Gasteiger partial charge in [0, 0.05) is 10.5 Å². The molecule has 0 bridgehead atoms. The molecule has 2 heteroatoms. The number of ether oxygens (including phenoxy) is 1. The molecule has 0 heterocycles. The van der Waals surface area contributed by atoms with E-state index in [2.05, 4.69) is 11.7 Å². The Morgan fingerprint density at radius 1 is 0.567 bits per heavy atom. The first-order valence-electron chi connectivity index (χ1n) is 15.9. The summed E-state index contributed by atoms with van der Waals surface area (Å²) in [6.45, 7) is -3.58. The average molecular weight is 430 g/mol. The fraction of sp³-hybridized carbons (Fsp3) is 0.964. The molecular formula is C28H56O2. The van der Waals surface area contributed by atoms with Crippen molar-refractivity contribution in [2.75, 3.05) is 6.56 Å². The van der Waals surface area contributed by atoms with Crippen LogP contribution in [0.4, 0.5) is 0 Å². The van der Waals surface area contributed by atoms with Gasteiger partial charge in [-0.25, -0.2) is 0 Å². The predicted molar refractivity (Wildman–Crippen MR) is 133 cm³/mol. The number of carbonyl (C=O) groups is 1. The number of esters is 1. The molecule has 0 unspecified atom stereocenters. The molecule has 0 amide bonds. The summed E-state index contributed by atoms with van der Waals surface area (Å²) in [5.74, 6) is -0.769. The number of hydrogen-bond acceptors (Lipinski definition) is 2. The van der Waals surface area contributed by atoms with Gasteiger partial charge >= 0.3 is 5.97 Å². The van der Waals surface area contributed by atoms with Crippen molar-refractivity contribution in [1.82, 2.24) is 0 Å². The monoisotopic (exact) mass is 429 g/mol. The van der Waals surface area contributed by atoms with Crippen molar-refractivity contribution >= 4 is 5.97 Å². The van der Waals surface area contributed by atoms with Crippen molar-refractivity contribution in [2.24, 2.45) is 0 Å². The van der Waals surface area contributed by atoms with Gasteiger partial charge in [0.2, 0.25) is 0 Å². The van der Waals surface area contributed by atoms with Crippen LogP contribution in [0.25, 0.3) is 0 Å². The molecular weight excluding hydrogens is 368 g/mol. The quantitative estimate of drug-likeness (QED) is 0.107. The Morgan fingerprint density at radius 2 is 0.867 bits per heavy atom. The van der Waals surface area contributed by atoms with Gasteiger partial charge in [0.15, 0.2) is 0 Å². The van der Waals surface area contributed by atoms with E-state index in [1.165, 1.54) is 122 Å². The van der Waals surface area contributed by atoms with Crippen molar-refractivity contribution < 1.29 is 16.4 Å². The fourth-order valence-corrected chi connectivity index (χ4v) is 4.16. The highest BCUT2D eigenvalue weighted by Gasteiger charge is 2.00. The molecule has 0 aliphatic heterocycles. The van der Waals surface area contributed by atoms with E-state index < -0.39 is 19.4 Å². The first kappa shape index (κ1) is 21.3. The Kier molecular flexibility index (Phi) is 18.8. The summed E-state index contributed by atoms with van der Waals surface area (Å²) in [5.41, 5.74) is 0. The van der Waals surface area contributed by atoms with E-state index in [-0.39, 0.29) is 6.42 Å². The molecule has 30 heavy (non-hydrogen) atoms. The summed E-state index contributed by atoms with van der Waals surface area (Å²) in [5, 5.41) is 0. The van der Waals surface area contributed by atoms with E-state index in [9.17, 15) is 4.79 Å². The molecule has 0 saturated carbocycles. The van der Waals surface area contributed by atoms with Crippen LogP contribution in [0, 0.1) is 0 Å². The van der Waals surface area contributed by atoms with Crippen molar-refractivity contribution in [3.63, 3.8) is 0 Å². The second-order valence-electron chi connectivity index (χ2n) is 9.10. The van der Waals surface area contributed by atoms with Crippen LogP contribution < -0.4 is 0 Å². The highest BCUT2D eigenvalue weighted by Crippen LogP contribution is 2.15. The van der Waals surface area contributed by atoms with Crippen LogP contribution in [0.15, 0.2) is 0 Å². The summed E-state index contributed by atoms with van der Waals surface area (Å²) in [6, 6.07) is 0. The Bertz CT molecular complexity index is 480. The van der Waals surface area contributed by atoms with Crippen LogP contribution in [0.1, 0.15) is 175 Å². The van der Waals surface area contributed by atoms with Crippen LogP contribution >= 0.6 is 0 Å². The van der Waals surface area contributed by atoms with Gasteiger partial charge in [-0.15, -0.1) is 0 Å². The largest absolute Gasteiger partial charge is 0.466 e. The molecule has 0 aromatic carbocycles. The first-order valence-corrected chi connectivity index (χ1v) is 13.4. The summed E-state index contributed by atoms with van der Waals surface area (Å²) in [4.78, 5) is 11.6. The van der Waals surface area contributed by atoms with E-state index >= 15 is 0 Å². The van der Waals surface area contributed by atoms with Crippen LogP contribution in [0.2, 0.25) is 0 Å². The van der Waals surface area contributed by atoms with E-state index in [1.54, 1.807) is 0 Å². The van der Waals surface area contributed by atoms with Crippen molar-refractivity contribution in [3.05, 3.63) is 0 Å². The minimum Gasteiger partial charge on any atom is -0.466 e. The lowest BCUT2D eigenvalue weighted by atomic mass is 10.0. The highest BCUT2D eigenvalue weighted by molar-refractivity contribution is 5.69. The zero-order chi connectivity index (χ0) is 26.3. The summed E-state index contributed by atoms with van der Waals surface area (Å²) < 4.78 is 40.2. The Hall–Kier alpha value is -0.530. The summed E-state index contributed by atoms with van der Waals surface area (Å²) in [6.07, 6.45) is 30.2. The number of carbonyl (C=O) groups excluding carboxylic acids is 1. The maximum Gasteiger partial charge on any atom is 0.305 e. The van der Waals surface area contributed by atoms with Gasteiger partial charge in [-0.2, -0.15) is 0 Å². The molecule has 0 fully saturated rings. The van der Waals surface area contributed by atoms with E-state index in [4.69, 9.17) is 6.85 Å². The molecule has 0 aliphatic carbocycles. The minimum absolute atomic E-state index is 0.0782. The molecule has 2 nitrogen and oxygen atoms in total. The first-order chi connectivity index (χ1) is 16.7.